The van der Waals surface area contributed by atoms with Gasteiger partial charge in [0.1, 0.15) is 0 Å². The fourth-order valence-electron chi connectivity index (χ4n) is 3.07. The molecule has 2 nitrogen and oxygen atoms in total. The van der Waals surface area contributed by atoms with Crippen LogP contribution in [0.2, 0.25) is 0 Å². The van der Waals surface area contributed by atoms with Gasteiger partial charge in [-0.05, 0) is 39.0 Å². The molecule has 0 aromatic carbocycles. The normalized spacial score (nSPS) is 38.3. The van der Waals surface area contributed by atoms with Gasteiger partial charge in [0.15, 0.2) is 0 Å². The predicted molar refractivity (Wildman–Crippen MR) is 60.2 cm³/mol. The summed E-state index contributed by atoms with van der Waals surface area (Å²) in [6.07, 6.45) is 10.9. The lowest BCUT2D eigenvalue weighted by Crippen LogP contribution is -2.47. The van der Waals surface area contributed by atoms with Crippen molar-refractivity contribution in [3.63, 3.8) is 0 Å². The van der Waals surface area contributed by atoms with Crippen molar-refractivity contribution in [3.05, 3.63) is 12.2 Å². The molecule has 2 bridgehead atoms. The second-order valence-corrected chi connectivity index (χ2v) is 4.71. The van der Waals surface area contributed by atoms with Crippen molar-refractivity contribution in [2.75, 3.05) is 6.54 Å². The molecule has 0 aliphatic carbocycles. The number of nitrogens with zero attached hydrogens (tertiary/aromatic N) is 1. The van der Waals surface area contributed by atoms with E-state index in [2.05, 4.69) is 24.0 Å². The fraction of sp³-hybridized carbons (Fsp3) is 0.833. The Morgan fingerprint density at radius 1 is 1.29 bits per heavy atom. The highest BCUT2D eigenvalue weighted by Gasteiger charge is 2.38. The lowest BCUT2D eigenvalue weighted by atomic mass is 9.98. The van der Waals surface area contributed by atoms with Crippen LogP contribution in [0.5, 0.6) is 0 Å². The number of hydrogen-bond donors (Lipinski definition) is 1. The van der Waals surface area contributed by atoms with Gasteiger partial charge in [-0.2, -0.15) is 0 Å². The quantitative estimate of drug-likeness (QED) is 0.695. The van der Waals surface area contributed by atoms with E-state index in [1.165, 1.54) is 38.6 Å². The zero-order valence-electron chi connectivity index (χ0n) is 9.15. The molecule has 0 saturated carbocycles. The number of allylic oxidation sites excluding steroid dienone is 1. The smallest absolute Gasteiger partial charge is 0.0114 e. The van der Waals surface area contributed by atoms with Crippen LogP contribution in [-0.2, 0) is 0 Å². The molecule has 0 aromatic rings. The van der Waals surface area contributed by atoms with Crippen LogP contribution in [0.1, 0.15) is 39.0 Å². The first kappa shape index (κ1) is 10.2. The van der Waals surface area contributed by atoms with Crippen molar-refractivity contribution < 1.29 is 0 Å². The molecule has 2 fully saturated rings. The average Bonchev–Trinajstić information content (AvgIpc) is 2.42. The van der Waals surface area contributed by atoms with E-state index in [1.54, 1.807) is 0 Å². The van der Waals surface area contributed by atoms with Gasteiger partial charge >= 0.3 is 0 Å². The van der Waals surface area contributed by atoms with Gasteiger partial charge in [-0.1, -0.05) is 12.2 Å². The molecule has 2 heterocycles. The van der Waals surface area contributed by atoms with E-state index in [-0.39, 0.29) is 0 Å². The van der Waals surface area contributed by atoms with Crippen LogP contribution in [-0.4, -0.2) is 29.6 Å². The standard InChI is InChI=1S/C12H22N2/c1-2-3-4-7-14-11-5-6-12(14)9-10(13)8-11/h2-3,10-12H,4-9,13H2,1H3/b3-2+. The van der Waals surface area contributed by atoms with Gasteiger partial charge in [-0.25, -0.2) is 0 Å². The van der Waals surface area contributed by atoms with Crippen LogP contribution in [0.4, 0.5) is 0 Å². The highest BCUT2D eigenvalue weighted by atomic mass is 15.2. The summed E-state index contributed by atoms with van der Waals surface area (Å²) < 4.78 is 0. The van der Waals surface area contributed by atoms with Gasteiger partial charge in [0.2, 0.25) is 0 Å². The van der Waals surface area contributed by atoms with E-state index >= 15 is 0 Å². The predicted octanol–water partition coefficient (Wildman–Crippen LogP) is 1.91. The van der Waals surface area contributed by atoms with Gasteiger partial charge in [-0.15, -0.1) is 0 Å². The third-order valence-corrected chi connectivity index (χ3v) is 3.71. The molecule has 2 heteroatoms. The van der Waals surface area contributed by atoms with Crippen LogP contribution in [0.25, 0.3) is 0 Å². The molecule has 0 spiro atoms. The summed E-state index contributed by atoms with van der Waals surface area (Å²) in [5.74, 6) is 0. The van der Waals surface area contributed by atoms with E-state index in [0.29, 0.717) is 6.04 Å². The minimum absolute atomic E-state index is 0.477. The van der Waals surface area contributed by atoms with E-state index in [4.69, 9.17) is 5.73 Å². The summed E-state index contributed by atoms with van der Waals surface area (Å²) in [7, 11) is 0. The lowest BCUT2D eigenvalue weighted by molar-refractivity contribution is 0.130. The SMILES string of the molecule is C/C=C/CCN1C2CCC1CC(N)C2. The molecule has 14 heavy (non-hydrogen) atoms. The van der Waals surface area contributed by atoms with Crippen molar-refractivity contribution in [2.45, 2.75) is 57.2 Å². The third-order valence-electron chi connectivity index (χ3n) is 3.71. The van der Waals surface area contributed by atoms with Gasteiger partial charge < -0.3 is 5.73 Å². The van der Waals surface area contributed by atoms with Gasteiger partial charge in [0, 0.05) is 24.7 Å². The van der Waals surface area contributed by atoms with E-state index in [0.717, 1.165) is 12.1 Å². The molecule has 2 N–H and O–H groups in total. The zero-order chi connectivity index (χ0) is 9.97. The van der Waals surface area contributed by atoms with Crippen LogP contribution < -0.4 is 5.73 Å². The first-order chi connectivity index (χ1) is 6.81. The number of piperidine rings is 1. The maximum atomic E-state index is 6.03. The summed E-state index contributed by atoms with van der Waals surface area (Å²) in [4.78, 5) is 2.70. The zero-order valence-corrected chi connectivity index (χ0v) is 9.15. The molecule has 2 aliphatic rings. The number of hydrogen-bond acceptors (Lipinski definition) is 2. The molecule has 0 radical (unpaired) electrons. The van der Waals surface area contributed by atoms with E-state index in [1.807, 2.05) is 0 Å². The van der Waals surface area contributed by atoms with Crippen LogP contribution in [0.3, 0.4) is 0 Å². The second-order valence-electron chi connectivity index (χ2n) is 4.71. The van der Waals surface area contributed by atoms with Crippen LogP contribution in [0.15, 0.2) is 12.2 Å². The molecule has 80 valence electrons. The van der Waals surface area contributed by atoms with Crippen molar-refractivity contribution in [3.8, 4) is 0 Å². The van der Waals surface area contributed by atoms with Crippen molar-refractivity contribution in [2.24, 2.45) is 5.73 Å². The van der Waals surface area contributed by atoms with Crippen LogP contribution >= 0.6 is 0 Å². The third kappa shape index (κ3) is 2.01. The average molecular weight is 194 g/mol. The Kier molecular flexibility index (Phi) is 3.24. The van der Waals surface area contributed by atoms with Gasteiger partial charge in [-0.3, -0.25) is 4.90 Å². The second kappa shape index (κ2) is 4.45. The highest BCUT2D eigenvalue weighted by molar-refractivity contribution is 4.97. The van der Waals surface area contributed by atoms with Gasteiger partial charge in [0.25, 0.3) is 0 Å². The highest BCUT2D eigenvalue weighted by Crippen LogP contribution is 2.34. The Balaban J connectivity index is 1.87. The minimum atomic E-state index is 0.477. The largest absolute Gasteiger partial charge is 0.328 e. The van der Waals surface area contributed by atoms with Crippen molar-refractivity contribution in [1.29, 1.82) is 0 Å². The maximum absolute atomic E-state index is 6.03. The van der Waals surface area contributed by atoms with E-state index < -0.39 is 0 Å². The van der Waals surface area contributed by atoms with Gasteiger partial charge in [0.05, 0.1) is 0 Å². The number of nitrogens with two attached hydrogens (primary N) is 1. The Hall–Kier alpha value is -0.340. The lowest BCUT2D eigenvalue weighted by Gasteiger charge is -2.37. The topological polar surface area (TPSA) is 29.3 Å². The molecular weight excluding hydrogens is 172 g/mol. The van der Waals surface area contributed by atoms with Crippen molar-refractivity contribution in [1.82, 2.24) is 4.90 Å². The molecule has 2 atom stereocenters. The summed E-state index contributed by atoms with van der Waals surface area (Å²) >= 11 is 0. The summed E-state index contributed by atoms with van der Waals surface area (Å²) in [6.45, 7) is 3.34. The van der Waals surface area contributed by atoms with Crippen molar-refractivity contribution >= 4 is 0 Å². The number of rotatable bonds is 3. The summed E-state index contributed by atoms with van der Waals surface area (Å²) in [5.41, 5.74) is 6.03. The Morgan fingerprint density at radius 3 is 2.50 bits per heavy atom. The molecule has 2 saturated heterocycles. The first-order valence-electron chi connectivity index (χ1n) is 5.93. The molecular formula is C12H22N2. The molecule has 2 unspecified atom stereocenters. The minimum Gasteiger partial charge on any atom is -0.328 e. The molecule has 0 amide bonds. The number of fused-ring (bicyclic) bond motifs is 2. The molecule has 2 rings (SSSR count). The summed E-state index contributed by atoms with van der Waals surface area (Å²) in [6, 6.07) is 2.08. The summed E-state index contributed by atoms with van der Waals surface area (Å²) in [5, 5.41) is 0. The Labute approximate surface area is 87.2 Å². The van der Waals surface area contributed by atoms with Crippen LogP contribution in [0, 0.1) is 0 Å². The fourth-order valence-corrected chi connectivity index (χ4v) is 3.07. The van der Waals surface area contributed by atoms with E-state index in [9.17, 15) is 0 Å². The molecule has 0 aromatic heterocycles. The first-order valence-corrected chi connectivity index (χ1v) is 5.93. The monoisotopic (exact) mass is 194 g/mol. The molecule has 2 aliphatic heterocycles. The Bertz CT molecular complexity index is 198. The Morgan fingerprint density at radius 2 is 1.93 bits per heavy atom. The maximum Gasteiger partial charge on any atom is 0.0114 e.